The third-order valence-electron chi connectivity index (χ3n) is 2.09. The second kappa shape index (κ2) is 7.13. The van der Waals surface area contributed by atoms with Crippen molar-refractivity contribution >= 4 is 35.1 Å². The van der Waals surface area contributed by atoms with Crippen LogP contribution >= 0.6 is 23.2 Å². The summed E-state index contributed by atoms with van der Waals surface area (Å²) in [6.07, 6.45) is -3.23. The maximum absolute atomic E-state index is 10.9. The van der Waals surface area contributed by atoms with E-state index in [9.17, 15) is 9.59 Å². The molecular weight excluding hydrogens is 287 g/mol. The molecule has 6 nitrogen and oxygen atoms in total. The number of carbonyl (C=O) groups excluding carboxylic acids is 2. The van der Waals surface area contributed by atoms with Gasteiger partial charge >= 0.3 is 11.9 Å². The number of alkyl halides is 2. The van der Waals surface area contributed by atoms with E-state index in [1.165, 1.54) is 13.8 Å². The van der Waals surface area contributed by atoms with Crippen LogP contribution in [0.4, 0.5) is 0 Å². The van der Waals surface area contributed by atoms with Gasteiger partial charge in [0.15, 0.2) is 6.10 Å². The van der Waals surface area contributed by atoms with Crippen molar-refractivity contribution in [2.75, 3.05) is 11.8 Å². The molecule has 0 radical (unpaired) electrons. The number of hydrogen-bond donors (Lipinski definition) is 0. The summed E-state index contributed by atoms with van der Waals surface area (Å²) in [5.74, 6) is -0.962. The summed E-state index contributed by atoms with van der Waals surface area (Å²) in [4.78, 5) is 21.7. The zero-order valence-corrected chi connectivity index (χ0v) is 11.4. The summed E-state index contributed by atoms with van der Waals surface area (Å²) in [5, 5.41) is 0. The normalized spacial score (nSPS) is 28.8. The SMILES string of the molecule is CC(=O)OC(CCl)C1OC(CCl)C(OC(C)=O)O1. The highest BCUT2D eigenvalue weighted by molar-refractivity contribution is 6.18. The molecule has 0 aliphatic carbocycles. The number of rotatable bonds is 5. The van der Waals surface area contributed by atoms with Crippen LogP contribution in [0.1, 0.15) is 13.8 Å². The van der Waals surface area contributed by atoms with Gasteiger partial charge < -0.3 is 18.9 Å². The molecule has 4 unspecified atom stereocenters. The minimum Gasteiger partial charge on any atom is -0.456 e. The minimum atomic E-state index is -0.925. The standard InChI is InChI=1S/C10H14Cl2O6/c1-5(13)15-7(3-11)10-17-8(4-12)9(18-10)16-6(2)14/h7-10H,3-4H2,1-2H3. The summed E-state index contributed by atoms with van der Waals surface area (Å²) < 4.78 is 20.5. The lowest BCUT2D eigenvalue weighted by atomic mass is 10.4. The molecule has 0 amide bonds. The van der Waals surface area contributed by atoms with E-state index in [4.69, 9.17) is 42.1 Å². The van der Waals surface area contributed by atoms with Gasteiger partial charge in [-0.2, -0.15) is 0 Å². The Balaban J connectivity index is 2.63. The van der Waals surface area contributed by atoms with Gasteiger partial charge in [0.2, 0.25) is 12.6 Å². The molecule has 18 heavy (non-hydrogen) atoms. The minimum absolute atomic E-state index is 0.00789. The summed E-state index contributed by atoms with van der Waals surface area (Å²) in [5.41, 5.74) is 0. The molecule has 0 spiro atoms. The number of ether oxygens (including phenoxy) is 4. The molecule has 4 atom stereocenters. The van der Waals surface area contributed by atoms with E-state index >= 15 is 0 Å². The van der Waals surface area contributed by atoms with Gasteiger partial charge in [-0.05, 0) is 0 Å². The zero-order chi connectivity index (χ0) is 13.7. The smallest absolute Gasteiger partial charge is 0.305 e. The third kappa shape index (κ3) is 4.28. The van der Waals surface area contributed by atoms with Crippen LogP contribution in [-0.4, -0.2) is 48.5 Å². The molecule has 1 aliphatic rings. The van der Waals surface area contributed by atoms with E-state index < -0.39 is 36.7 Å². The lowest BCUT2D eigenvalue weighted by Crippen LogP contribution is -2.34. The number of hydrogen-bond acceptors (Lipinski definition) is 6. The predicted molar refractivity (Wildman–Crippen MR) is 62.3 cm³/mol. The Hall–Kier alpha value is -0.560. The van der Waals surface area contributed by atoms with Gasteiger partial charge in [-0.25, -0.2) is 0 Å². The first-order valence-corrected chi connectivity index (χ1v) is 6.32. The molecule has 1 fully saturated rings. The molecule has 1 heterocycles. The Bertz CT molecular complexity index is 297. The van der Waals surface area contributed by atoms with Crippen molar-refractivity contribution in [3.8, 4) is 0 Å². The Labute approximate surface area is 114 Å². The van der Waals surface area contributed by atoms with E-state index in [1.54, 1.807) is 0 Å². The van der Waals surface area contributed by atoms with Crippen LogP contribution in [0.2, 0.25) is 0 Å². The first-order chi connectivity index (χ1) is 8.47. The quantitative estimate of drug-likeness (QED) is 0.558. The van der Waals surface area contributed by atoms with Crippen molar-refractivity contribution < 1.29 is 28.5 Å². The van der Waals surface area contributed by atoms with Crippen LogP contribution in [0.5, 0.6) is 0 Å². The molecule has 1 aliphatic heterocycles. The fraction of sp³-hybridized carbons (Fsp3) is 0.800. The van der Waals surface area contributed by atoms with Gasteiger partial charge in [-0.3, -0.25) is 9.59 Å². The Morgan fingerprint density at radius 3 is 2.33 bits per heavy atom. The van der Waals surface area contributed by atoms with Crippen molar-refractivity contribution in [1.29, 1.82) is 0 Å². The van der Waals surface area contributed by atoms with E-state index in [2.05, 4.69) is 0 Å². The molecule has 104 valence electrons. The van der Waals surface area contributed by atoms with Crippen molar-refractivity contribution in [1.82, 2.24) is 0 Å². The van der Waals surface area contributed by atoms with Gasteiger partial charge in [0, 0.05) is 13.8 Å². The van der Waals surface area contributed by atoms with Crippen LogP contribution in [-0.2, 0) is 28.5 Å². The molecule has 0 aromatic rings. The maximum Gasteiger partial charge on any atom is 0.305 e. The van der Waals surface area contributed by atoms with E-state index in [1.807, 2.05) is 0 Å². The molecule has 0 aromatic heterocycles. The molecule has 0 saturated carbocycles. The Morgan fingerprint density at radius 1 is 1.22 bits per heavy atom. The predicted octanol–water partition coefficient (Wildman–Crippen LogP) is 1.03. The highest BCUT2D eigenvalue weighted by atomic mass is 35.5. The zero-order valence-electron chi connectivity index (χ0n) is 9.93. The summed E-state index contributed by atoms with van der Waals surface area (Å²) in [6, 6.07) is 0. The largest absolute Gasteiger partial charge is 0.456 e. The molecule has 1 saturated heterocycles. The third-order valence-corrected chi connectivity index (χ3v) is 2.70. The van der Waals surface area contributed by atoms with E-state index in [0.717, 1.165) is 0 Å². The van der Waals surface area contributed by atoms with Gasteiger partial charge in [0.1, 0.15) is 6.10 Å². The molecule has 1 rings (SSSR count). The number of esters is 2. The fourth-order valence-corrected chi connectivity index (χ4v) is 1.84. The fourth-order valence-electron chi connectivity index (χ4n) is 1.41. The number of carbonyl (C=O) groups is 2. The molecule has 0 N–H and O–H groups in total. The summed E-state index contributed by atoms with van der Waals surface area (Å²) in [7, 11) is 0. The maximum atomic E-state index is 10.9. The van der Waals surface area contributed by atoms with Crippen molar-refractivity contribution in [3.05, 3.63) is 0 Å². The van der Waals surface area contributed by atoms with Crippen LogP contribution in [0.25, 0.3) is 0 Å². The van der Waals surface area contributed by atoms with Crippen molar-refractivity contribution in [2.45, 2.75) is 38.6 Å². The molecule has 0 aromatic carbocycles. The average Bonchev–Trinajstić information content (AvgIpc) is 2.67. The summed E-state index contributed by atoms with van der Waals surface area (Å²) in [6.45, 7) is 2.49. The van der Waals surface area contributed by atoms with Gasteiger partial charge in [-0.1, -0.05) is 0 Å². The van der Waals surface area contributed by atoms with Crippen LogP contribution in [0, 0.1) is 0 Å². The van der Waals surface area contributed by atoms with Crippen LogP contribution < -0.4 is 0 Å². The van der Waals surface area contributed by atoms with Gasteiger partial charge in [0.05, 0.1) is 11.8 Å². The first-order valence-electron chi connectivity index (χ1n) is 5.25. The number of halogens is 2. The van der Waals surface area contributed by atoms with Crippen LogP contribution in [0.15, 0.2) is 0 Å². The Kier molecular flexibility index (Phi) is 6.14. The van der Waals surface area contributed by atoms with E-state index in [-0.39, 0.29) is 11.8 Å². The summed E-state index contributed by atoms with van der Waals surface area (Å²) >= 11 is 11.3. The second-order valence-electron chi connectivity index (χ2n) is 3.61. The average molecular weight is 301 g/mol. The molecular formula is C10H14Cl2O6. The van der Waals surface area contributed by atoms with Crippen molar-refractivity contribution in [3.63, 3.8) is 0 Å². The van der Waals surface area contributed by atoms with Gasteiger partial charge in [0.25, 0.3) is 0 Å². The monoisotopic (exact) mass is 300 g/mol. The lowest BCUT2D eigenvalue weighted by Gasteiger charge is -2.19. The van der Waals surface area contributed by atoms with E-state index in [0.29, 0.717) is 0 Å². The lowest BCUT2D eigenvalue weighted by molar-refractivity contribution is -0.195. The van der Waals surface area contributed by atoms with Crippen LogP contribution in [0.3, 0.4) is 0 Å². The van der Waals surface area contributed by atoms with Crippen molar-refractivity contribution in [2.24, 2.45) is 0 Å². The first kappa shape index (κ1) is 15.5. The second-order valence-corrected chi connectivity index (χ2v) is 4.23. The highest BCUT2D eigenvalue weighted by Crippen LogP contribution is 2.25. The molecule has 8 heteroatoms. The highest BCUT2D eigenvalue weighted by Gasteiger charge is 2.42. The van der Waals surface area contributed by atoms with Gasteiger partial charge in [-0.15, -0.1) is 23.2 Å². The Morgan fingerprint density at radius 2 is 1.89 bits per heavy atom. The molecule has 0 bridgehead atoms. The topological polar surface area (TPSA) is 71.1 Å².